The molecule has 1 aliphatic rings. The molecule has 0 aromatic carbocycles. The fraction of sp³-hybridized carbons (Fsp3) is 0.615. The molecular formula is C13H17F3N4O. The Balaban J connectivity index is 2.00. The summed E-state index contributed by atoms with van der Waals surface area (Å²) in [5.41, 5.74) is 0.152. The first-order valence-corrected chi connectivity index (χ1v) is 6.83. The summed E-state index contributed by atoms with van der Waals surface area (Å²) in [4.78, 5) is 21.7. The summed E-state index contributed by atoms with van der Waals surface area (Å²) >= 11 is 0. The van der Waals surface area contributed by atoms with Gasteiger partial charge in [0.05, 0.1) is 18.3 Å². The molecule has 2 heterocycles. The van der Waals surface area contributed by atoms with Crippen LogP contribution in [0.4, 0.5) is 19.0 Å². The topological polar surface area (TPSA) is 58.1 Å². The normalized spacial score (nSPS) is 16.9. The minimum absolute atomic E-state index is 0.0600. The highest BCUT2D eigenvalue weighted by Crippen LogP contribution is 2.34. The molecule has 116 valence electrons. The van der Waals surface area contributed by atoms with E-state index < -0.39 is 12.1 Å². The fourth-order valence-corrected chi connectivity index (χ4v) is 2.31. The molecule has 1 saturated heterocycles. The number of hydrogen-bond donors (Lipinski definition) is 1. The number of nitrogens with one attached hydrogen (secondary N) is 1. The van der Waals surface area contributed by atoms with E-state index in [0.717, 1.165) is 0 Å². The van der Waals surface area contributed by atoms with Gasteiger partial charge in [-0.05, 0) is 19.8 Å². The van der Waals surface area contributed by atoms with Crippen molar-refractivity contribution < 1.29 is 18.0 Å². The van der Waals surface area contributed by atoms with Gasteiger partial charge in [0, 0.05) is 19.6 Å². The summed E-state index contributed by atoms with van der Waals surface area (Å²) in [5.74, 6) is -1.21. The second-order valence-corrected chi connectivity index (χ2v) is 4.93. The first kappa shape index (κ1) is 15.5. The standard InChI is InChI=1S/C13H17F3N4O/c1-2-18-11-8-17-7-10(19-11)12(21)20-5-3-9(4-6-20)13(14,15)16/h7-9H,2-6H2,1H3,(H,18,19). The summed E-state index contributed by atoms with van der Waals surface area (Å²) < 4.78 is 37.8. The Labute approximate surface area is 120 Å². The van der Waals surface area contributed by atoms with Crippen LogP contribution in [0.1, 0.15) is 30.3 Å². The van der Waals surface area contributed by atoms with Gasteiger partial charge in [0.2, 0.25) is 0 Å². The molecule has 2 rings (SSSR count). The molecule has 0 bridgehead atoms. The summed E-state index contributed by atoms with van der Waals surface area (Å²) in [6.45, 7) is 2.72. The maximum Gasteiger partial charge on any atom is 0.391 e. The smallest absolute Gasteiger partial charge is 0.369 e. The molecule has 1 N–H and O–H groups in total. The van der Waals surface area contributed by atoms with Gasteiger partial charge >= 0.3 is 6.18 Å². The summed E-state index contributed by atoms with van der Waals surface area (Å²) in [5, 5.41) is 2.94. The predicted octanol–water partition coefficient (Wildman–Crippen LogP) is 2.32. The average molecular weight is 302 g/mol. The number of nitrogens with zero attached hydrogens (tertiary/aromatic N) is 3. The lowest BCUT2D eigenvalue weighted by Crippen LogP contribution is -2.42. The van der Waals surface area contributed by atoms with Gasteiger partial charge < -0.3 is 10.2 Å². The molecule has 1 amide bonds. The Morgan fingerprint density at radius 2 is 2.05 bits per heavy atom. The largest absolute Gasteiger partial charge is 0.391 e. The van der Waals surface area contributed by atoms with Crippen LogP contribution in [-0.2, 0) is 0 Å². The molecule has 0 radical (unpaired) electrons. The Hall–Kier alpha value is -1.86. The van der Waals surface area contributed by atoms with Gasteiger partial charge in [-0.2, -0.15) is 13.2 Å². The molecule has 8 heteroatoms. The van der Waals surface area contributed by atoms with E-state index in [-0.39, 0.29) is 37.5 Å². The monoisotopic (exact) mass is 302 g/mol. The van der Waals surface area contributed by atoms with E-state index in [4.69, 9.17) is 0 Å². The van der Waals surface area contributed by atoms with E-state index >= 15 is 0 Å². The van der Waals surface area contributed by atoms with Crippen LogP contribution in [0.3, 0.4) is 0 Å². The molecular weight excluding hydrogens is 285 g/mol. The third kappa shape index (κ3) is 3.83. The lowest BCUT2D eigenvalue weighted by Gasteiger charge is -2.32. The molecule has 0 unspecified atom stereocenters. The Kier molecular flexibility index (Phi) is 4.64. The number of amides is 1. The summed E-state index contributed by atoms with van der Waals surface area (Å²) in [6.07, 6.45) is -1.47. The van der Waals surface area contributed by atoms with Crippen molar-refractivity contribution >= 4 is 11.7 Å². The number of likely N-dealkylation sites (tertiary alicyclic amines) is 1. The van der Waals surface area contributed by atoms with Gasteiger partial charge in [0.15, 0.2) is 0 Å². The Morgan fingerprint density at radius 3 is 2.62 bits per heavy atom. The lowest BCUT2D eigenvalue weighted by molar-refractivity contribution is -0.183. The predicted molar refractivity (Wildman–Crippen MR) is 70.9 cm³/mol. The van der Waals surface area contributed by atoms with E-state index in [2.05, 4.69) is 15.3 Å². The van der Waals surface area contributed by atoms with Crippen LogP contribution in [0.25, 0.3) is 0 Å². The highest BCUT2D eigenvalue weighted by Gasteiger charge is 2.41. The second kappa shape index (κ2) is 6.28. The maximum atomic E-state index is 12.6. The Bertz CT molecular complexity index is 498. The fourth-order valence-electron chi connectivity index (χ4n) is 2.31. The van der Waals surface area contributed by atoms with Crippen LogP contribution in [0.5, 0.6) is 0 Å². The lowest BCUT2D eigenvalue weighted by atomic mass is 9.96. The maximum absolute atomic E-state index is 12.6. The van der Waals surface area contributed by atoms with Crippen LogP contribution in [0.2, 0.25) is 0 Å². The quantitative estimate of drug-likeness (QED) is 0.931. The van der Waals surface area contributed by atoms with Crippen molar-refractivity contribution in [2.45, 2.75) is 25.9 Å². The first-order chi connectivity index (χ1) is 9.91. The first-order valence-electron chi connectivity index (χ1n) is 6.83. The van der Waals surface area contributed by atoms with Crippen LogP contribution in [-0.4, -0.2) is 46.6 Å². The molecule has 21 heavy (non-hydrogen) atoms. The molecule has 1 fully saturated rings. The zero-order chi connectivity index (χ0) is 15.5. The number of aromatic nitrogens is 2. The zero-order valence-electron chi connectivity index (χ0n) is 11.7. The molecule has 0 aliphatic carbocycles. The molecule has 1 aliphatic heterocycles. The van der Waals surface area contributed by atoms with E-state index in [1.54, 1.807) is 0 Å². The van der Waals surface area contributed by atoms with Gasteiger partial charge in [-0.3, -0.25) is 9.78 Å². The molecule has 0 saturated carbocycles. The number of alkyl halides is 3. The van der Waals surface area contributed by atoms with E-state index in [9.17, 15) is 18.0 Å². The van der Waals surface area contributed by atoms with Crippen molar-refractivity contribution in [3.63, 3.8) is 0 Å². The number of hydrogen-bond acceptors (Lipinski definition) is 4. The van der Waals surface area contributed by atoms with Gasteiger partial charge in [-0.15, -0.1) is 0 Å². The molecule has 1 aromatic heterocycles. The molecule has 0 spiro atoms. The second-order valence-electron chi connectivity index (χ2n) is 4.93. The number of carbonyl (C=O) groups is 1. The van der Waals surface area contributed by atoms with E-state index in [1.807, 2.05) is 6.92 Å². The van der Waals surface area contributed by atoms with Crippen molar-refractivity contribution in [3.8, 4) is 0 Å². The molecule has 0 atom stereocenters. The van der Waals surface area contributed by atoms with Crippen molar-refractivity contribution in [2.24, 2.45) is 5.92 Å². The van der Waals surface area contributed by atoms with Crippen molar-refractivity contribution in [1.29, 1.82) is 0 Å². The van der Waals surface area contributed by atoms with Crippen LogP contribution < -0.4 is 5.32 Å². The van der Waals surface area contributed by atoms with Crippen molar-refractivity contribution in [2.75, 3.05) is 25.0 Å². The Morgan fingerprint density at radius 1 is 1.38 bits per heavy atom. The van der Waals surface area contributed by atoms with Gasteiger partial charge in [0.25, 0.3) is 5.91 Å². The van der Waals surface area contributed by atoms with Crippen LogP contribution in [0, 0.1) is 5.92 Å². The van der Waals surface area contributed by atoms with Crippen LogP contribution in [0.15, 0.2) is 12.4 Å². The van der Waals surface area contributed by atoms with E-state index in [1.165, 1.54) is 17.3 Å². The van der Waals surface area contributed by atoms with Gasteiger partial charge in [0.1, 0.15) is 11.5 Å². The SMILES string of the molecule is CCNc1cncc(C(=O)N2CCC(C(F)(F)F)CC2)n1. The van der Waals surface area contributed by atoms with Crippen molar-refractivity contribution in [3.05, 3.63) is 18.1 Å². The summed E-state index contributed by atoms with van der Waals surface area (Å²) in [7, 11) is 0. The number of carbonyl (C=O) groups excluding carboxylic acids is 1. The third-order valence-corrected chi connectivity index (χ3v) is 3.46. The van der Waals surface area contributed by atoms with Gasteiger partial charge in [-0.25, -0.2) is 4.98 Å². The minimum atomic E-state index is -4.18. The highest BCUT2D eigenvalue weighted by molar-refractivity contribution is 5.92. The third-order valence-electron chi connectivity index (χ3n) is 3.46. The number of halogens is 3. The van der Waals surface area contributed by atoms with Crippen LogP contribution >= 0.6 is 0 Å². The molecule has 1 aromatic rings. The minimum Gasteiger partial charge on any atom is -0.369 e. The van der Waals surface area contributed by atoms with Crippen molar-refractivity contribution in [1.82, 2.24) is 14.9 Å². The number of piperidine rings is 1. The molecule has 5 nitrogen and oxygen atoms in total. The van der Waals surface area contributed by atoms with E-state index in [0.29, 0.717) is 12.4 Å². The number of anilines is 1. The number of rotatable bonds is 3. The van der Waals surface area contributed by atoms with Gasteiger partial charge in [-0.1, -0.05) is 0 Å². The highest BCUT2D eigenvalue weighted by atomic mass is 19.4. The summed E-state index contributed by atoms with van der Waals surface area (Å²) in [6, 6.07) is 0. The zero-order valence-corrected chi connectivity index (χ0v) is 11.7. The average Bonchev–Trinajstić information content (AvgIpc) is 2.46.